The number of rotatable bonds is 6. The summed E-state index contributed by atoms with van der Waals surface area (Å²) in [6, 6.07) is 0. The Bertz CT molecular complexity index is 289. The van der Waals surface area contributed by atoms with Gasteiger partial charge in [-0.25, -0.2) is 0 Å². The SMILES string of the molecule is CCC(CC)CC(=O)N1CCOC(CC(=O)O)C1. The van der Waals surface area contributed by atoms with Crippen LogP contribution in [0.25, 0.3) is 0 Å². The largest absolute Gasteiger partial charge is 0.481 e. The molecule has 0 bridgehead atoms. The molecule has 0 aromatic carbocycles. The average Bonchev–Trinajstić information content (AvgIpc) is 2.35. The average molecular weight is 257 g/mol. The Labute approximate surface area is 108 Å². The fourth-order valence-electron chi connectivity index (χ4n) is 2.22. The molecule has 1 amide bonds. The lowest BCUT2D eigenvalue weighted by molar-refractivity contribution is -0.148. The summed E-state index contributed by atoms with van der Waals surface area (Å²) in [6.45, 7) is 5.61. The lowest BCUT2D eigenvalue weighted by Crippen LogP contribution is -2.46. The molecule has 1 rings (SSSR count). The van der Waals surface area contributed by atoms with E-state index < -0.39 is 5.97 Å². The number of aliphatic carboxylic acids is 1. The molecule has 0 aliphatic carbocycles. The van der Waals surface area contributed by atoms with E-state index in [-0.39, 0.29) is 18.4 Å². The Kier molecular flexibility index (Phi) is 6.12. The Morgan fingerprint density at radius 2 is 2.06 bits per heavy atom. The lowest BCUT2D eigenvalue weighted by Gasteiger charge is -2.33. The van der Waals surface area contributed by atoms with Gasteiger partial charge >= 0.3 is 5.97 Å². The third kappa shape index (κ3) is 4.64. The third-order valence-corrected chi connectivity index (χ3v) is 3.51. The van der Waals surface area contributed by atoms with Crippen LogP contribution >= 0.6 is 0 Å². The maximum absolute atomic E-state index is 12.1. The first-order valence-electron chi connectivity index (χ1n) is 6.67. The van der Waals surface area contributed by atoms with Crippen LogP contribution in [0.15, 0.2) is 0 Å². The zero-order chi connectivity index (χ0) is 13.5. The number of carboxylic acid groups (broad SMARTS) is 1. The standard InChI is InChI=1S/C13H23NO4/c1-3-10(4-2)7-12(15)14-5-6-18-11(9-14)8-13(16)17/h10-11H,3-9H2,1-2H3,(H,16,17). The maximum Gasteiger partial charge on any atom is 0.306 e. The number of carbonyl (C=O) groups is 2. The van der Waals surface area contributed by atoms with E-state index in [2.05, 4.69) is 13.8 Å². The summed E-state index contributed by atoms with van der Waals surface area (Å²) >= 11 is 0. The summed E-state index contributed by atoms with van der Waals surface area (Å²) in [7, 11) is 0. The number of carboxylic acids is 1. The number of hydrogen-bond acceptors (Lipinski definition) is 3. The van der Waals surface area contributed by atoms with Gasteiger partial charge in [0.1, 0.15) is 0 Å². The number of amides is 1. The van der Waals surface area contributed by atoms with Crippen molar-refractivity contribution in [1.29, 1.82) is 0 Å². The maximum atomic E-state index is 12.1. The van der Waals surface area contributed by atoms with Crippen LogP contribution in [0.2, 0.25) is 0 Å². The van der Waals surface area contributed by atoms with Gasteiger partial charge in [-0.2, -0.15) is 0 Å². The smallest absolute Gasteiger partial charge is 0.306 e. The molecule has 18 heavy (non-hydrogen) atoms. The predicted molar refractivity (Wildman–Crippen MR) is 67.3 cm³/mol. The van der Waals surface area contributed by atoms with Gasteiger partial charge in [-0.3, -0.25) is 9.59 Å². The van der Waals surface area contributed by atoms with Crippen molar-refractivity contribution < 1.29 is 19.4 Å². The number of ether oxygens (including phenoxy) is 1. The molecular weight excluding hydrogens is 234 g/mol. The van der Waals surface area contributed by atoms with E-state index in [1.807, 2.05) is 0 Å². The van der Waals surface area contributed by atoms with Crippen molar-refractivity contribution in [2.24, 2.45) is 5.92 Å². The van der Waals surface area contributed by atoms with Crippen molar-refractivity contribution in [3.05, 3.63) is 0 Å². The second kappa shape index (κ2) is 7.36. The summed E-state index contributed by atoms with van der Waals surface area (Å²) in [5.41, 5.74) is 0. The highest BCUT2D eigenvalue weighted by Gasteiger charge is 2.26. The molecule has 0 aromatic rings. The molecule has 0 aromatic heterocycles. The second-order valence-corrected chi connectivity index (χ2v) is 4.82. The van der Waals surface area contributed by atoms with Crippen molar-refractivity contribution in [2.45, 2.75) is 45.6 Å². The normalized spacial score (nSPS) is 20.2. The van der Waals surface area contributed by atoms with Crippen LogP contribution in [0.1, 0.15) is 39.5 Å². The number of nitrogens with zero attached hydrogens (tertiary/aromatic N) is 1. The fourth-order valence-corrected chi connectivity index (χ4v) is 2.22. The monoisotopic (exact) mass is 257 g/mol. The highest BCUT2D eigenvalue weighted by molar-refractivity contribution is 5.76. The van der Waals surface area contributed by atoms with Gasteiger partial charge in [0.15, 0.2) is 0 Å². The first-order chi connectivity index (χ1) is 8.56. The molecule has 1 saturated heterocycles. The fraction of sp³-hybridized carbons (Fsp3) is 0.846. The molecule has 1 unspecified atom stereocenters. The van der Waals surface area contributed by atoms with Gasteiger partial charge in [0, 0.05) is 19.5 Å². The van der Waals surface area contributed by atoms with Crippen LogP contribution in [0.5, 0.6) is 0 Å². The summed E-state index contributed by atoms with van der Waals surface area (Å²) in [5.74, 6) is -0.324. The summed E-state index contributed by atoms with van der Waals surface area (Å²) < 4.78 is 5.35. The number of carbonyl (C=O) groups excluding carboxylic acids is 1. The molecule has 1 N–H and O–H groups in total. The van der Waals surface area contributed by atoms with E-state index in [9.17, 15) is 9.59 Å². The summed E-state index contributed by atoms with van der Waals surface area (Å²) in [6.07, 6.45) is 2.18. The lowest BCUT2D eigenvalue weighted by atomic mass is 9.98. The molecule has 1 atom stereocenters. The van der Waals surface area contributed by atoms with Crippen LogP contribution in [-0.4, -0.2) is 47.7 Å². The minimum Gasteiger partial charge on any atom is -0.481 e. The molecule has 5 nitrogen and oxygen atoms in total. The van der Waals surface area contributed by atoms with Crippen molar-refractivity contribution in [2.75, 3.05) is 19.7 Å². The molecular formula is C13H23NO4. The van der Waals surface area contributed by atoms with E-state index >= 15 is 0 Å². The number of hydrogen-bond donors (Lipinski definition) is 1. The zero-order valence-corrected chi connectivity index (χ0v) is 11.2. The van der Waals surface area contributed by atoms with Crippen molar-refractivity contribution in [1.82, 2.24) is 4.90 Å². The molecule has 0 radical (unpaired) electrons. The minimum absolute atomic E-state index is 0.0330. The van der Waals surface area contributed by atoms with Crippen LogP contribution in [0, 0.1) is 5.92 Å². The van der Waals surface area contributed by atoms with Gasteiger partial charge in [0.2, 0.25) is 5.91 Å². The van der Waals surface area contributed by atoms with Gasteiger partial charge in [-0.15, -0.1) is 0 Å². The molecule has 0 spiro atoms. The molecule has 1 aliphatic rings. The molecule has 1 fully saturated rings. The van der Waals surface area contributed by atoms with Gasteiger partial charge in [0.05, 0.1) is 19.1 Å². The predicted octanol–water partition coefficient (Wildman–Crippen LogP) is 1.51. The molecule has 5 heteroatoms. The van der Waals surface area contributed by atoms with Crippen LogP contribution in [0.4, 0.5) is 0 Å². The zero-order valence-electron chi connectivity index (χ0n) is 11.2. The third-order valence-electron chi connectivity index (χ3n) is 3.51. The quantitative estimate of drug-likeness (QED) is 0.783. The van der Waals surface area contributed by atoms with Crippen molar-refractivity contribution >= 4 is 11.9 Å². The topological polar surface area (TPSA) is 66.8 Å². The molecule has 1 aliphatic heterocycles. The van der Waals surface area contributed by atoms with Gasteiger partial charge in [0.25, 0.3) is 0 Å². The van der Waals surface area contributed by atoms with Crippen LogP contribution < -0.4 is 0 Å². The van der Waals surface area contributed by atoms with E-state index in [0.29, 0.717) is 32.0 Å². The highest BCUT2D eigenvalue weighted by Crippen LogP contribution is 2.16. The first-order valence-corrected chi connectivity index (χ1v) is 6.67. The first kappa shape index (κ1) is 15.0. The molecule has 0 saturated carbocycles. The second-order valence-electron chi connectivity index (χ2n) is 4.82. The van der Waals surface area contributed by atoms with Crippen molar-refractivity contribution in [3.63, 3.8) is 0 Å². The van der Waals surface area contributed by atoms with Crippen LogP contribution in [0.3, 0.4) is 0 Å². The van der Waals surface area contributed by atoms with Crippen LogP contribution in [-0.2, 0) is 14.3 Å². The minimum atomic E-state index is -0.880. The van der Waals surface area contributed by atoms with Gasteiger partial charge < -0.3 is 14.7 Å². The van der Waals surface area contributed by atoms with Gasteiger partial charge in [-0.1, -0.05) is 26.7 Å². The summed E-state index contributed by atoms with van der Waals surface area (Å²) in [4.78, 5) is 24.5. The summed E-state index contributed by atoms with van der Waals surface area (Å²) in [5, 5.41) is 8.73. The Balaban J connectivity index is 2.45. The molecule has 104 valence electrons. The van der Waals surface area contributed by atoms with Gasteiger partial charge in [-0.05, 0) is 5.92 Å². The molecule has 1 heterocycles. The van der Waals surface area contributed by atoms with E-state index in [0.717, 1.165) is 12.8 Å². The Morgan fingerprint density at radius 3 is 2.61 bits per heavy atom. The van der Waals surface area contributed by atoms with E-state index in [4.69, 9.17) is 9.84 Å². The van der Waals surface area contributed by atoms with Crippen molar-refractivity contribution in [3.8, 4) is 0 Å². The number of morpholine rings is 1. The Morgan fingerprint density at radius 1 is 1.39 bits per heavy atom. The highest BCUT2D eigenvalue weighted by atomic mass is 16.5. The van der Waals surface area contributed by atoms with E-state index in [1.165, 1.54) is 0 Å². The van der Waals surface area contributed by atoms with E-state index in [1.54, 1.807) is 4.90 Å². The Hall–Kier alpha value is -1.10.